The SMILES string of the molecule is COc1ccc(-c2c(-c3ccc(Cl)c(Cl)c3)c(-c3ccc(Cl)cc3)[c]c(-c3cc(OC)c(OC)c(OC)c3)c2-c2ccc(OC)c(OC)c2)cc1. The molecule has 51 heavy (non-hydrogen) atoms. The summed E-state index contributed by atoms with van der Waals surface area (Å²) >= 11 is 19.6. The summed E-state index contributed by atoms with van der Waals surface area (Å²) in [7, 11) is 9.63. The maximum Gasteiger partial charge on any atom is 0.203 e. The third-order valence-electron chi connectivity index (χ3n) is 8.60. The van der Waals surface area contributed by atoms with Crippen molar-refractivity contribution in [1.29, 1.82) is 0 Å². The van der Waals surface area contributed by atoms with Crippen molar-refractivity contribution in [3.8, 4) is 90.1 Å². The van der Waals surface area contributed by atoms with Crippen LogP contribution in [0.15, 0.2) is 97.1 Å². The van der Waals surface area contributed by atoms with Crippen molar-refractivity contribution in [2.24, 2.45) is 0 Å². The largest absolute Gasteiger partial charge is 0.497 e. The second kappa shape index (κ2) is 15.5. The van der Waals surface area contributed by atoms with E-state index in [1.807, 2.05) is 91.0 Å². The highest BCUT2D eigenvalue weighted by molar-refractivity contribution is 6.42. The number of hydrogen-bond donors (Lipinski definition) is 0. The highest BCUT2D eigenvalue weighted by atomic mass is 35.5. The summed E-state index contributed by atoms with van der Waals surface area (Å²) in [6.07, 6.45) is 0. The number of methoxy groups -OCH3 is 6. The van der Waals surface area contributed by atoms with Gasteiger partial charge in [0.15, 0.2) is 23.0 Å². The van der Waals surface area contributed by atoms with Gasteiger partial charge in [-0.3, -0.25) is 0 Å². The van der Waals surface area contributed by atoms with E-state index in [9.17, 15) is 0 Å². The number of halogens is 3. The van der Waals surface area contributed by atoms with E-state index in [1.165, 1.54) is 0 Å². The van der Waals surface area contributed by atoms with E-state index in [-0.39, 0.29) is 0 Å². The topological polar surface area (TPSA) is 55.4 Å². The van der Waals surface area contributed by atoms with Gasteiger partial charge in [0, 0.05) is 5.02 Å². The molecule has 0 aliphatic rings. The molecule has 6 aromatic rings. The number of benzene rings is 6. The Hall–Kier alpha value is -5.01. The van der Waals surface area contributed by atoms with Crippen LogP contribution in [0.25, 0.3) is 55.6 Å². The van der Waals surface area contributed by atoms with Crippen molar-refractivity contribution < 1.29 is 28.4 Å². The van der Waals surface area contributed by atoms with Crippen molar-refractivity contribution >= 4 is 34.8 Å². The molecule has 0 aliphatic carbocycles. The summed E-state index contributed by atoms with van der Waals surface area (Å²) < 4.78 is 34.4. The predicted molar refractivity (Wildman–Crippen MR) is 207 cm³/mol. The molecule has 0 N–H and O–H groups in total. The number of hydrogen-bond acceptors (Lipinski definition) is 6. The lowest BCUT2D eigenvalue weighted by Crippen LogP contribution is -2.01. The molecule has 0 amide bonds. The molecule has 0 spiro atoms. The molecule has 0 saturated heterocycles. The Morgan fingerprint density at radius 1 is 0.392 bits per heavy atom. The van der Waals surface area contributed by atoms with Gasteiger partial charge in [-0.1, -0.05) is 71.2 Å². The van der Waals surface area contributed by atoms with Gasteiger partial charge in [-0.25, -0.2) is 0 Å². The van der Waals surface area contributed by atoms with Crippen molar-refractivity contribution in [2.75, 3.05) is 42.7 Å². The van der Waals surface area contributed by atoms with E-state index in [0.29, 0.717) is 49.6 Å². The smallest absolute Gasteiger partial charge is 0.203 e. The second-order valence-corrected chi connectivity index (χ2v) is 12.6. The Kier molecular flexibility index (Phi) is 10.9. The number of rotatable bonds is 11. The summed E-state index contributed by atoms with van der Waals surface area (Å²) in [5, 5.41) is 1.47. The quantitative estimate of drug-likeness (QED) is 0.132. The Balaban J connectivity index is 1.88. The Labute approximate surface area is 312 Å². The Morgan fingerprint density at radius 3 is 1.45 bits per heavy atom. The van der Waals surface area contributed by atoms with Gasteiger partial charge in [0.2, 0.25) is 5.75 Å². The molecule has 1 radical (unpaired) electrons. The van der Waals surface area contributed by atoms with Crippen LogP contribution in [0.5, 0.6) is 34.5 Å². The summed E-state index contributed by atoms with van der Waals surface area (Å²) in [6.45, 7) is 0. The van der Waals surface area contributed by atoms with Crippen LogP contribution >= 0.6 is 34.8 Å². The zero-order chi connectivity index (χ0) is 36.2. The van der Waals surface area contributed by atoms with E-state index < -0.39 is 0 Å². The molecule has 0 aliphatic heterocycles. The zero-order valence-corrected chi connectivity index (χ0v) is 31.1. The van der Waals surface area contributed by atoms with Crippen LogP contribution in [0.1, 0.15) is 0 Å². The van der Waals surface area contributed by atoms with E-state index in [1.54, 1.807) is 48.7 Å². The highest BCUT2D eigenvalue weighted by Crippen LogP contribution is 2.53. The number of ether oxygens (including phenoxy) is 6. The van der Waals surface area contributed by atoms with Crippen LogP contribution in [0.3, 0.4) is 0 Å². The van der Waals surface area contributed by atoms with Gasteiger partial charge in [0.1, 0.15) is 5.75 Å². The molecule has 0 bridgehead atoms. The lowest BCUT2D eigenvalue weighted by Gasteiger charge is -2.25. The van der Waals surface area contributed by atoms with Crippen LogP contribution in [-0.4, -0.2) is 42.7 Å². The summed E-state index contributed by atoms with van der Waals surface area (Å²) in [6, 6.07) is 34.7. The fourth-order valence-corrected chi connectivity index (χ4v) is 6.59. The van der Waals surface area contributed by atoms with E-state index in [2.05, 4.69) is 6.07 Å². The van der Waals surface area contributed by atoms with Gasteiger partial charge in [0.25, 0.3) is 0 Å². The van der Waals surface area contributed by atoms with Gasteiger partial charge >= 0.3 is 0 Å². The molecule has 0 unspecified atom stereocenters. The summed E-state index contributed by atoms with van der Waals surface area (Å²) in [5.41, 5.74) is 8.34. The fraction of sp³-hybridized carbons (Fsp3) is 0.143. The van der Waals surface area contributed by atoms with Gasteiger partial charge in [0.05, 0.1) is 52.7 Å². The average Bonchev–Trinajstić information content (AvgIpc) is 3.17. The predicted octanol–water partition coefficient (Wildman–Crippen LogP) is 11.8. The molecule has 259 valence electrons. The third kappa shape index (κ3) is 7.00. The van der Waals surface area contributed by atoms with Crippen molar-refractivity contribution in [1.82, 2.24) is 0 Å². The van der Waals surface area contributed by atoms with Crippen molar-refractivity contribution in [3.63, 3.8) is 0 Å². The van der Waals surface area contributed by atoms with Gasteiger partial charge in [-0.2, -0.15) is 0 Å². The van der Waals surface area contributed by atoms with Crippen LogP contribution in [0, 0.1) is 6.07 Å². The van der Waals surface area contributed by atoms with Crippen LogP contribution in [0.4, 0.5) is 0 Å². The highest BCUT2D eigenvalue weighted by Gasteiger charge is 2.27. The first-order valence-corrected chi connectivity index (χ1v) is 16.9. The molecule has 6 rings (SSSR count). The van der Waals surface area contributed by atoms with E-state index in [0.717, 1.165) is 55.6 Å². The molecule has 0 aromatic heterocycles. The van der Waals surface area contributed by atoms with Gasteiger partial charge < -0.3 is 28.4 Å². The minimum atomic E-state index is 0.415. The van der Waals surface area contributed by atoms with Gasteiger partial charge in [-0.05, 0) is 122 Å². The van der Waals surface area contributed by atoms with Crippen LogP contribution < -0.4 is 28.4 Å². The lowest BCUT2D eigenvalue weighted by molar-refractivity contribution is 0.324. The molecule has 6 aromatic carbocycles. The van der Waals surface area contributed by atoms with Crippen molar-refractivity contribution in [3.05, 3.63) is 118 Å². The Morgan fingerprint density at radius 2 is 0.902 bits per heavy atom. The minimum Gasteiger partial charge on any atom is -0.497 e. The molecule has 0 fully saturated rings. The third-order valence-corrected chi connectivity index (χ3v) is 9.59. The Bertz CT molecular complexity index is 2170. The van der Waals surface area contributed by atoms with Crippen molar-refractivity contribution in [2.45, 2.75) is 0 Å². The maximum absolute atomic E-state index is 6.73. The fourth-order valence-electron chi connectivity index (χ4n) is 6.17. The lowest BCUT2D eigenvalue weighted by atomic mass is 9.78. The molecule has 0 atom stereocenters. The van der Waals surface area contributed by atoms with Crippen LogP contribution in [-0.2, 0) is 0 Å². The first-order chi connectivity index (χ1) is 24.7. The molecule has 0 saturated carbocycles. The van der Waals surface area contributed by atoms with E-state index >= 15 is 0 Å². The first kappa shape index (κ1) is 35.8. The molecular formula is C42H34Cl3O6. The average molecular weight is 741 g/mol. The summed E-state index contributed by atoms with van der Waals surface area (Å²) in [4.78, 5) is 0. The first-order valence-electron chi connectivity index (χ1n) is 15.8. The standard InChI is InChI=1S/C42H34Cl3O6/c1-46-30-15-9-25(10-16-30)41-39(26-11-17-33(44)34(45)19-26)31(24-7-13-29(43)14-8-24)23-32(28-21-37(49-4)42(51-6)38(22-28)50-5)40(41)27-12-18-35(47-2)36(20-27)48-3/h7-22H,1-6H3. The molecule has 9 heteroatoms. The monoisotopic (exact) mass is 739 g/mol. The summed E-state index contributed by atoms with van der Waals surface area (Å²) in [5.74, 6) is 3.32. The van der Waals surface area contributed by atoms with Gasteiger partial charge in [-0.15, -0.1) is 0 Å². The normalized spacial score (nSPS) is 10.8. The van der Waals surface area contributed by atoms with Crippen LogP contribution in [0.2, 0.25) is 15.1 Å². The minimum absolute atomic E-state index is 0.415. The maximum atomic E-state index is 6.73. The second-order valence-electron chi connectivity index (χ2n) is 11.3. The zero-order valence-electron chi connectivity index (χ0n) is 28.8. The molecule has 6 nitrogen and oxygen atoms in total. The van der Waals surface area contributed by atoms with E-state index in [4.69, 9.17) is 63.2 Å². The molecular weight excluding hydrogens is 707 g/mol. The molecule has 0 heterocycles.